The zero-order valence-electron chi connectivity index (χ0n) is 14.6. The third-order valence-electron chi connectivity index (χ3n) is 4.28. The van der Waals surface area contributed by atoms with Crippen molar-refractivity contribution in [3.63, 3.8) is 0 Å². The lowest BCUT2D eigenvalue weighted by atomic mass is 10.2. The normalized spacial score (nSPS) is 15.5. The van der Waals surface area contributed by atoms with Gasteiger partial charge in [0.25, 0.3) is 10.0 Å². The molecule has 0 fully saturated rings. The first-order valence-electron chi connectivity index (χ1n) is 8.41. The van der Waals surface area contributed by atoms with E-state index in [1.165, 1.54) is 19.1 Å². The van der Waals surface area contributed by atoms with Crippen LogP contribution in [0.1, 0.15) is 6.92 Å². The second-order valence-corrected chi connectivity index (χ2v) is 7.79. The lowest BCUT2D eigenvalue weighted by Crippen LogP contribution is -2.36. The van der Waals surface area contributed by atoms with Gasteiger partial charge in [-0.3, -0.25) is 9.52 Å². The molecule has 1 N–H and O–H groups in total. The average Bonchev–Trinajstić information content (AvgIpc) is 2.66. The number of hydrogen-bond donors (Lipinski definition) is 1. The lowest BCUT2D eigenvalue weighted by molar-refractivity contribution is -0.116. The summed E-state index contributed by atoms with van der Waals surface area (Å²) in [5.74, 6) is 1.28. The molecule has 0 saturated heterocycles. The van der Waals surface area contributed by atoms with Gasteiger partial charge in [-0.15, -0.1) is 0 Å². The van der Waals surface area contributed by atoms with Gasteiger partial charge in [0.2, 0.25) is 5.91 Å². The number of ether oxygens (including phenoxy) is 3. The van der Waals surface area contributed by atoms with Crippen LogP contribution in [0, 0.1) is 0 Å². The van der Waals surface area contributed by atoms with Crippen molar-refractivity contribution in [2.45, 2.75) is 11.8 Å². The molecular weight excluding hydrogens is 372 g/mol. The van der Waals surface area contributed by atoms with Gasteiger partial charge in [-0.2, -0.15) is 0 Å². The highest BCUT2D eigenvalue weighted by Gasteiger charge is 2.23. The second-order valence-electron chi connectivity index (χ2n) is 6.11. The minimum absolute atomic E-state index is 0.0655. The van der Waals surface area contributed by atoms with Crippen molar-refractivity contribution in [3.05, 3.63) is 36.4 Å². The van der Waals surface area contributed by atoms with E-state index in [9.17, 15) is 13.2 Å². The van der Waals surface area contributed by atoms with Crippen molar-refractivity contribution < 1.29 is 27.4 Å². The van der Waals surface area contributed by atoms with E-state index in [1.54, 1.807) is 29.2 Å². The quantitative estimate of drug-likeness (QED) is 0.862. The fourth-order valence-electron chi connectivity index (χ4n) is 3.02. The summed E-state index contributed by atoms with van der Waals surface area (Å²) in [4.78, 5) is 13.4. The molecule has 1 amide bonds. The van der Waals surface area contributed by atoms with E-state index in [1.807, 2.05) is 0 Å². The van der Waals surface area contributed by atoms with Crippen molar-refractivity contribution in [2.24, 2.45) is 0 Å². The molecule has 0 spiro atoms. The maximum absolute atomic E-state index is 12.7. The third-order valence-corrected chi connectivity index (χ3v) is 5.66. The van der Waals surface area contributed by atoms with Gasteiger partial charge in [0, 0.05) is 19.1 Å². The zero-order valence-corrected chi connectivity index (χ0v) is 15.4. The van der Waals surface area contributed by atoms with Crippen LogP contribution in [0.15, 0.2) is 41.3 Å². The fourth-order valence-corrected chi connectivity index (χ4v) is 4.08. The maximum Gasteiger partial charge on any atom is 0.262 e. The Morgan fingerprint density at radius 2 is 1.70 bits per heavy atom. The Morgan fingerprint density at radius 3 is 2.48 bits per heavy atom. The number of amides is 1. The van der Waals surface area contributed by atoms with E-state index in [-0.39, 0.29) is 10.8 Å². The topological polar surface area (TPSA) is 94.2 Å². The van der Waals surface area contributed by atoms with Crippen LogP contribution in [0.2, 0.25) is 0 Å². The number of rotatable bonds is 3. The Balaban J connectivity index is 1.61. The molecule has 4 rings (SSSR count). The SMILES string of the molecule is CC(=O)N1CCOc2cc(NS(=O)(=O)c3ccc4c(c3)OCCO4)ccc21. The minimum atomic E-state index is -3.82. The van der Waals surface area contributed by atoms with Crippen LogP contribution in [-0.2, 0) is 14.8 Å². The smallest absolute Gasteiger partial charge is 0.262 e. The Morgan fingerprint density at radius 1 is 0.963 bits per heavy atom. The van der Waals surface area contributed by atoms with E-state index in [4.69, 9.17) is 14.2 Å². The summed E-state index contributed by atoms with van der Waals surface area (Å²) < 4.78 is 44.4. The molecule has 2 aromatic rings. The molecule has 8 nitrogen and oxygen atoms in total. The second kappa shape index (κ2) is 6.66. The van der Waals surface area contributed by atoms with E-state index in [0.29, 0.717) is 55.0 Å². The predicted octanol–water partition coefficient (Wildman–Crippen LogP) is 2.00. The van der Waals surface area contributed by atoms with E-state index >= 15 is 0 Å². The lowest BCUT2D eigenvalue weighted by Gasteiger charge is -2.29. The average molecular weight is 390 g/mol. The standard InChI is InChI=1S/C18H18N2O6S/c1-12(21)20-6-7-24-17-10-13(2-4-15(17)20)19-27(22,23)14-3-5-16-18(11-14)26-9-8-25-16/h2-5,10-11,19H,6-9H2,1H3. The molecular formula is C18H18N2O6S. The number of carbonyl (C=O) groups is 1. The summed E-state index contributed by atoms with van der Waals surface area (Å²) in [6.45, 7) is 3.10. The number of carbonyl (C=O) groups excluding carboxylic acids is 1. The van der Waals surface area contributed by atoms with Gasteiger partial charge >= 0.3 is 0 Å². The van der Waals surface area contributed by atoms with Crippen molar-refractivity contribution in [3.8, 4) is 17.2 Å². The number of anilines is 2. The van der Waals surface area contributed by atoms with Gasteiger partial charge in [-0.1, -0.05) is 0 Å². The van der Waals surface area contributed by atoms with Gasteiger partial charge in [-0.05, 0) is 24.3 Å². The summed E-state index contributed by atoms with van der Waals surface area (Å²) in [7, 11) is -3.82. The molecule has 2 aromatic carbocycles. The molecule has 2 heterocycles. The van der Waals surface area contributed by atoms with E-state index in [2.05, 4.69) is 4.72 Å². The van der Waals surface area contributed by atoms with Gasteiger partial charge in [0.15, 0.2) is 11.5 Å². The number of nitrogens with zero attached hydrogens (tertiary/aromatic N) is 1. The van der Waals surface area contributed by atoms with Crippen LogP contribution in [0.25, 0.3) is 0 Å². The van der Waals surface area contributed by atoms with Gasteiger partial charge in [0.05, 0.1) is 22.8 Å². The Bertz CT molecular complexity index is 1000. The summed E-state index contributed by atoms with van der Waals surface area (Å²) in [6, 6.07) is 9.30. The Labute approximate surface area is 156 Å². The fraction of sp³-hybridized carbons (Fsp3) is 0.278. The zero-order chi connectivity index (χ0) is 19.0. The highest BCUT2D eigenvalue weighted by atomic mass is 32.2. The van der Waals surface area contributed by atoms with Gasteiger partial charge < -0.3 is 19.1 Å². The minimum Gasteiger partial charge on any atom is -0.489 e. The molecule has 27 heavy (non-hydrogen) atoms. The molecule has 2 aliphatic rings. The van der Waals surface area contributed by atoms with E-state index < -0.39 is 10.0 Å². The molecule has 0 aliphatic carbocycles. The largest absolute Gasteiger partial charge is 0.489 e. The summed E-state index contributed by atoms with van der Waals surface area (Å²) in [5, 5.41) is 0. The van der Waals surface area contributed by atoms with Crippen LogP contribution < -0.4 is 23.8 Å². The van der Waals surface area contributed by atoms with Crippen LogP contribution in [-0.4, -0.2) is 40.7 Å². The molecule has 0 bridgehead atoms. The number of fused-ring (bicyclic) bond motifs is 2. The monoisotopic (exact) mass is 390 g/mol. The van der Waals surface area contributed by atoms with Crippen LogP contribution in [0.3, 0.4) is 0 Å². The number of hydrogen-bond acceptors (Lipinski definition) is 6. The Hall–Kier alpha value is -2.94. The summed E-state index contributed by atoms with van der Waals surface area (Å²) in [5.41, 5.74) is 0.963. The molecule has 0 unspecified atom stereocenters. The molecule has 2 aliphatic heterocycles. The van der Waals surface area contributed by atoms with Crippen LogP contribution in [0.5, 0.6) is 17.2 Å². The van der Waals surface area contributed by atoms with Crippen LogP contribution >= 0.6 is 0 Å². The first-order valence-corrected chi connectivity index (χ1v) is 9.90. The molecule has 9 heteroatoms. The van der Waals surface area contributed by atoms with Crippen molar-refractivity contribution in [2.75, 3.05) is 36.0 Å². The number of sulfonamides is 1. The maximum atomic E-state index is 12.7. The molecule has 0 radical (unpaired) electrons. The first-order chi connectivity index (χ1) is 12.9. The van der Waals surface area contributed by atoms with Gasteiger partial charge in [-0.25, -0.2) is 8.42 Å². The van der Waals surface area contributed by atoms with Crippen molar-refractivity contribution >= 4 is 27.3 Å². The predicted molar refractivity (Wildman–Crippen MR) is 98.2 cm³/mol. The molecule has 0 atom stereocenters. The van der Waals surface area contributed by atoms with Crippen molar-refractivity contribution in [1.29, 1.82) is 0 Å². The highest BCUT2D eigenvalue weighted by Crippen LogP contribution is 2.36. The third kappa shape index (κ3) is 3.37. The molecule has 0 aromatic heterocycles. The van der Waals surface area contributed by atoms with Gasteiger partial charge in [0.1, 0.15) is 25.6 Å². The van der Waals surface area contributed by atoms with Crippen LogP contribution in [0.4, 0.5) is 11.4 Å². The molecule has 0 saturated carbocycles. The van der Waals surface area contributed by atoms with Crippen molar-refractivity contribution in [1.82, 2.24) is 0 Å². The summed E-state index contributed by atoms with van der Waals surface area (Å²) in [6.07, 6.45) is 0. The summed E-state index contributed by atoms with van der Waals surface area (Å²) >= 11 is 0. The molecule has 142 valence electrons. The number of benzene rings is 2. The Kier molecular flexibility index (Phi) is 4.31. The highest BCUT2D eigenvalue weighted by molar-refractivity contribution is 7.92. The van der Waals surface area contributed by atoms with E-state index in [0.717, 1.165) is 0 Å². The first kappa shape index (κ1) is 17.5. The number of nitrogens with one attached hydrogen (secondary N) is 1.